The number of hydrogen-bond acceptors (Lipinski definition) is 7. The van der Waals surface area contributed by atoms with Crippen molar-refractivity contribution < 1.29 is 14.8 Å². The Morgan fingerprint density at radius 3 is 1.92 bits per heavy atom. The monoisotopic (exact) mass is 340 g/mol. The highest BCUT2D eigenvalue weighted by molar-refractivity contribution is 5.43. The van der Waals surface area contributed by atoms with Gasteiger partial charge in [-0.2, -0.15) is 0 Å². The van der Waals surface area contributed by atoms with E-state index in [1.54, 1.807) is 48.5 Å². The van der Waals surface area contributed by atoms with Gasteiger partial charge in [0.2, 0.25) is 5.88 Å². The number of anilines is 2. The summed E-state index contributed by atoms with van der Waals surface area (Å²) in [5, 5.41) is 19.1. The molecule has 0 fully saturated rings. The van der Waals surface area contributed by atoms with Crippen LogP contribution >= 0.6 is 0 Å². The molecule has 2 aromatic carbocycles. The normalized spacial score (nSPS) is 9.60. The Labute approximate surface area is 143 Å². The van der Waals surface area contributed by atoms with Crippen molar-refractivity contribution in [2.45, 2.75) is 0 Å². The zero-order valence-electron chi connectivity index (χ0n) is 13.1. The lowest BCUT2D eigenvalue weighted by molar-refractivity contribution is -0.385. The lowest BCUT2D eigenvalue weighted by Gasteiger charge is -2.03. The van der Waals surface area contributed by atoms with E-state index in [0.717, 1.165) is 6.20 Å². The van der Waals surface area contributed by atoms with Gasteiger partial charge in [-0.25, -0.2) is 4.98 Å². The molecule has 25 heavy (non-hydrogen) atoms. The summed E-state index contributed by atoms with van der Waals surface area (Å²) >= 11 is 0. The zero-order chi connectivity index (χ0) is 18.2. The maximum atomic E-state index is 10.4. The van der Waals surface area contributed by atoms with Crippen molar-refractivity contribution in [2.75, 3.05) is 11.5 Å². The van der Waals surface area contributed by atoms with Gasteiger partial charge >= 0.3 is 0 Å². The molecular formula is C17H16N4O4. The van der Waals surface area contributed by atoms with Crippen LogP contribution in [0.15, 0.2) is 66.9 Å². The number of aromatic hydroxyl groups is 1. The molecule has 1 aromatic heterocycles. The van der Waals surface area contributed by atoms with Crippen LogP contribution in [0.3, 0.4) is 0 Å². The molecule has 3 rings (SSSR count). The molecule has 0 aliphatic carbocycles. The van der Waals surface area contributed by atoms with Gasteiger partial charge in [-0.1, -0.05) is 0 Å². The number of hydrogen-bond donors (Lipinski definition) is 3. The number of nitrogen functional groups attached to an aromatic ring is 2. The zero-order valence-corrected chi connectivity index (χ0v) is 13.1. The summed E-state index contributed by atoms with van der Waals surface area (Å²) in [6.45, 7) is 0. The minimum Gasteiger partial charge on any atom is -0.508 e. The van der Waals surface area contributed by atoms with E-state index >= 15 is 0 Å². The third-order valence-corrected chi connectivity index (χ3v) is 2.93. The van der Waals surface area contributed by atoms with Crippen LogP contribution in [0.4, 0.5) is 17.1 Å². The van der Waals surface area contributed by atoms with Crippen LogP contribution in [0.5, 0.6) is 17.4 Å². The molecule has 8 nitrogen and oxygen atoms in total. The number of ether oxygens (including phenoxy) is 1. The van der Waals surface area contributed by atoms with Gasteiger partial charge in [0.1, 0.15) is 17.7 Å². The summed E-state index contributed by atoms with van der Waals surface area (Å²) < 4.78 is 5.38. The first-order chi connectivity index (χ1) is 11.9. The molecule has 3 aromatic rings. The van der Waals surface area contributed by atoms with Crippen LogP contribution in [0.25, 0.3) is 0 Å². The largest absolute Gasteiger partial charge is 0.508 e. The molecule has 0 radical (unpaired) electrons. The molecule has 0 bridgehead atoms. The van der Waals surface area contributed by atoms with Gasteiger partial charge in [0.25, 0.3) is 5.69 Å². The summed E-state index contributed by atoms with van der Waals surface area (Å²) in [5.74, 6) is 1.11. The van der Waals surface area contributed by atoms with Gasteiger partial charge in [-0.05, 0) is 48.5 Å². The van der Waals surface area contributed by atoms with E-state index in [2.05, 4.69) is 4.98 Å². The quantitative estimate of drug-likeness (QED) is 0.288. The molecule has 0 aliphatic rings. The molecule has 0 aliphatic heterocycles. The van der Waals surface area contributed by atoms with Gasteiger partial charge in [-0.15, -0.1) is 0 Å². The summed E-state index contributed by atoms with van der Waals surface area (Å²) in [4.78, 5) is 13.7. The minimum atomic E-state index is -0.514. The summed E-state index contributed by atoms with van der Waals surface area (Å²) in [6.07, 6.45) is 1.15. The van der Waals surface area contributed by atoms with E-state index in [4.69, 9.17) is 21.3 Å². The molecule has 0 spiro atoms. The van der Waals surface area contributed by atoms with Crippen molar-refractivity contribution in [1.29, 1.82) is 0 Å². The molecule has 0 saturated carbocycles. The fraction of sp³-hybridized carbons (Fsp3) is 0. The van der Waals surface area contributed by atoms with Crippen molar-refractivity contribution in [3.8, 4) is 17.4 Å². The van der Waals surface area contributed by atoms with Crippen molar-refractivity contribution in [3.63, 3.8) is 0 Å². The summed E-state index contributed by atoms with van der Waals surface area (Å²) in [5.41, 5.74) is 12.1. The first-order valence-corrected chi connectivity index (χ1v) is 7.12. The smallest absolute Gasteiger partial charge is 0.287 e. The Hall–Kier alpha value is -3.81. The lowest BCUT2D eigenvalue weighted by atomic mass is 10.3. The highest BCUT2D eigenvalue weighted by atomic mass is 16.6. The second kappa shape index (κ2) is 8.16. The summed E-state index contributed by atoms with van der Waals surface area (Å²) in [6, 6.07) is 15.9. The number of pyridine rings is 1. The summed E-state index contributed by atoms with van der Waals surface area (Å²) in [7, 11) is 0. The molecular weight excluding hydrogens is 324 g/mol. The van der Waals surface area contributed by atoms with E-state index < -0.39 is 4.92 Å². The average Bonchev–Trinajstić information content (AvgIpc) is 2.61. The highest BCUT2D eigenvalue weighted by Gasteiger charge is 2.06. The number of aromatic nitrogens is 1. The fourth-order valence-corrected chi connectivity index (χ4v) is 1.67. The molecule has 8 heteroatoms. The molecule has 0 atom stereocenters. The third-order valence-electron chi connectivity index (χ3n) is 2.93. The van der Waals surface area contributed by atoms with Gasteiger partial charge in [-0.3, -0.25) is 10.1 Å². The number of phenols is 1. The SMILES string of the molecule is Nc1ccc(O)cc1.Nc1ccc(Oc2ccc([N+](=O)[O-])cn2)cc1. The number of rotatable bonds is 3. The van der Waals surface area contributed by atoms with E-state index in [0.29, 0.717) is 23.0 Å². The minimum absolute atomic E-state index is 0.0744. The number of nitrogens with zero attached hydrogens (tertiary/aromatic N) is 2. The van der Waals surface area contributed by atoms with Crippen LogP contribution in [-0.2, 0) is 0 Å². The highest BCUT2D eigenvalue weighted by Crippen LogP contribution is 2.21. The van der Waals surface area contributed by atoms with Gasteiger partial charge in [0.15, 0.2) is 0 Å². The van der Waals surface area contributed by atoms with E-state index in [1.807, 2.05) is 0 Å². The first-order valence-electron chi connectivity index (χ1n) is 7.12. The second-order valence-corrected chi connectivity index (χ2v) is 4.87. The Morgan fingerprint density at radius 2 is 1.48 bits per heavy atom. The average molecular weight is 340 g/mol. The van der Waals surface area contributed by atoms with Gasteiger partial charge in [0.05, 0.1) is 4.92 Å². The predicted octanol–water partition coefficient (Wildman–Crippen LogP) is 3.34. The third kappa shape index (κ3) is 5.71. The van der Waals surface area contributed by atoms with Crippen molar-refractivity contribution in [2.24, 2.45) is 0 Å². The fourth-order valence-electron chi connectivity index (χ4n) is 1.67. The van der Waals surface area contributed by atoms with Crippen LogP contribution in [-0.4, -0.2) is 15.0 Å². The molecule has 128 valence electrons. The second-order valence-electron chi connectivity index (χ2n) is 4.87. The van der Waals surface area contributed by atoms with E-state index in [9.17, 15) is 10.1 Å². The Morgan fingerprint density at radius 1 is 0.920 bits per heavy atom. The maximum absolute atomic E-state index is 10.4. The van der Waals surface area contributed by atoms with Crippen LogP contribution in [0.2, 0.25) is 0 Å². The molecule has 0 saturated heterocycles. The van der Waals surface area contributed by atoms with Crippen molar-refractivity contribution in [1.82, 2.24) is 4.98 Å². The molecule has 5 N–H and O–H groups in total. The van der Waals surface area contributed by atoms with Crippen LogP contribution in [0.1, 0.15) is 0 Å². The van der Waals surface area contributed by atoms with Crippen molar-refractivity contribution in [3.05, 3.63) is 77.0 Å². The molecule has 0 amide bonds. The topological polar surface area (TPSA) is 138 Å². The Bertz CT molecular complexity index is 798. The number of nitrogens with two attached hydrogens (primary N) is 2. The first kappa shape index (κ1) is 17.5. The van der Waals surface area contributed by atoms with Gasteiger partial charge in [0, 0.05) is 23.5 Å². The van der Waals surface area contributed by atoms with Crippen molar-refractivity contribution >= 4 is 17.1 Å². The van der Waals surface area contributed by atoms with Crippen LogP contribution < -0.4 is 16.2 Å². The van der Waals surface area contributed by atoms with Crippen LogP contribution in [0, 0.1) is 10.1 Å². The number of nitro groups is 1. The molecule has 1 heterocycles. The number of benzene rings is 2. The Kier molecular flexibility index (Phi) is 5.72. The van der Waals surface area contributed by atoms with Gasteiger partial charge < -0.3 is 21.3 Å². The van der Waals surface area contributed by atoms with E-state index in [1.165, 1.54) is 12.1 Å². The molecule has 0 unspecified atom stereocenters. The standard InChI is InChI=1S/C11H9N3O3.C6H7NO/c12-8-1-4-10(5-2-8)17-11-6-3-9(7-13-11)14(15)16;7-5-1-3-6(8)4-2-5/h1-7H,12H2;1-4,8H,7H2. The lowest BCUT2D eigenvalue weighted by Crippen LogP contribution is -1.91. The number of phenolic OH excluding ortho intramolecular Hbond substituents is 1. The predicted molar refractivity (Wildman–Crippen MR) is 94.3 cm³/mol. The Balaban J connectivity index is 0.000000236. The van der Waals surface area contributed by atoms with E-state index in [-0.39, 0.29) is 11.4 Å². The maximum Gasteiger partial charge on any atom is 0.287 e.